The Morgan fingerprint density at radius 1 is 1.54 bits per heavy atom. The molecular formula is C15H16N4O4S. The Balaban J connectivity index is 1.80. The highest BCUT2D eigenvalue weighted by Crippen LogP contribution is 2.36. The van der Waals surface area contributed by atoms with Crippen LogP contribution in [0.2, 0.25) is 0 Å². The predicted octanol–water partition coefficient (Wildman–Crippen LogP) is 2.96. The van der Waals surface area contributed by atoms with Crippen LogP contribution in [-0.4, -0.2) is 34.0 Å². The second-order valence-electron chi connectivity index (χ2n) is 5.27. The average molecular weight is 348 g/mol. The number of nitrogens with zero attached hydrogens (tertiary/aromatic N) is 4. The molecule has 3 heterocycles. The first-order chi connectivity index (χ1) is 11.6. The van der Waals surface area contributed by atoms with E-state index in [0.717, 1.165) is 24.4 Å². The lowest BCUT2D eigenvalue weighted by atomic mass is 10.2. The third-order valence-electron chi connectivity index (χ3n) is 3.78. The van der Waals surface area contributed by atoms with Crippen LogP contribution >= 0.6 is 11.3 Å². The van der Waals surface area contributed by atoms with Crippen molar-refractivity contribution in [1.82, 2.24) is 9.97 Å². The minimum atomic E-state index is -0.468. The van der Waals surface area contributed by atoms with E-state index < -0.39 is 10.9 Å². The zero-order chi connectivity index (χ0) is 17.1. The van der Waals surface area contributed by atoms with Crippen molar-refractivity contribution < 1.29 is 14.5 Å². The lowest BCUT2D eigenvalue weighted by Crippen LogP contribution is -2.23. The zero-order valence-electron chi connectivity index (χ0n) is 13.0. The van der Waals surface area contributed by atoms with E-state index in [9.17, 15) is 14.9 Å². The van der Waals surface area contributed by atoms with E-state index in [1.165, 1.54) is 23.6 Å². The molecule has 1 saturated heterocycles. The number of rotatable bonds is 5. The number of pyridine rings is 1. The van der Waals surface area contributed by atoms with E-state index in [-0.39, 0.29) is 11.7 Å². The molecule has 2 aromatic heterocycles. The number of hydrogen-bond donors (Lipinski definition) is 0. The van der Waals surface area contributed by atoms with Gasteiger partial charge in [-0.1, -0.05) is 0 Å². The second-order valence-corrected chi connectivity index (χ2v) is 6.16. The van der Waals surface area contributed by atoms with Crippen LogP contribution in [0.25, 0.3) is 0 Å². The summed E-state index contributed by atoms with van der Waals surface area (Å²) in [7, 11) is 0. The van der Waals surface area contributed by atoms with Gasteiger partial charge in [-0.2, -0.15) is 0 Å². The Labute approximate surface area is 142 Å². The highest BCUT2D eigenvalue weighted by molar-refractivity contribution is 7.10. The summed E-state index contributed by atoms with van der Waals surface area (Å²) in [5.74, 6) is 0.258. The molecule has 1 unspecified atom stereocenters. The largest absolute Gasteiger partial charge is 0.461 e. The van der Waals surface area contributed by atoms with Gasteiger partial charge in [0, 0.05) is 18.0 Å². The minimum absolute atomic E-state index is 0.0205. The maximum Gasteiger partial charge on any atom is 0.357 e. The molecule has 3 rings (SSSR count). The lowest BCUT2D eigenvalue weighted by molar-refractivity contribution is -0.385. The highest BCUT2D eigenvalue weighted by atomic mass is 32.1. The van der Waals surface area contributed by atoms with E-state index in [0.29, 0.717) is 18.1 Å². The van der Waals surface area contributed by atoms with Crippen LogP contribution in [0, 0.1) is 10.1 Å². The molecule has 0 radical (unpaired) electrons. The van der Waals surface area contributed by atoms with E-state index in [4.69, 9.17) is 4.74 Å². The number of thiazole rings is 1. The van der Waals surface area contributed by atoms with E-state index in [1.54, 1.807) is 18.4 Å². The number of anilines is 1. The number of aromatic nitrogens is 2. The van der Waals surface area contributed by atoms with Gasteiger partial charge in [-0.05, 0) is 25.8 Å². The number of nitro groups is 1. The van der Waals surface area contributed by atoms with Crippen LogP contribution < -0.4 is 4.90 Å². The van der Waals surface area contributed by atoms with Crippen molar-refractivity contribution in [3.8, 4) is 0 Å². The summed E-state index contributed by atoms with van der Waals surface area (Å²) in [6.07, 6.45) is 3.13. The molecule has 1 atom stereocenters. The number of hydrogen-bond acceptors (Lipinski definition) is 8. The minimum Gasteiger partial charge on any atom is -0.461 e. The fourth-order valence-corrected chi connectivity index (χ4v) is 3.63. The van der Waals surface area contributed by atoms with E-state index in [1.807, 2.05) is 0 Å². The number of carbonyl (C=O) groups excluding carboxylic acids is 1. The molecule has 0 bridgehead atoms. The van der Waals surface area contributed by atoms with Gasteiger partial charge in [0.15, 0.2) is 5.69 Å². The number of carbonyl (C=O) groups is 1. The van der Waals surface area contributed by atoms with Gasteiger partial charge in [0.1, 0.15) is 17.0 Å². The van der Waals surface area contributed by atoms with E-state index >= 15 is 0 Å². The Hall–Kier alpha value is -2.55. The van der Waals surface area contributed by atoms with Gasteiger partial charge in [-0.15, -0.1) is 11.3 Å². The molecule has 0 saturated carbocycles. The average Bonchev–Trinajstić information content (AvgIpc) is 3.24. The first kappa shape index (κ1) is 16.3. The quantitative estimate of drug-likeness (QED) is 0.465. The van der Waals surface area contributed by atoms with Crippen LogP contribution in [-0.2, 0) is 4.74 Å². The normalized spacial score (nSPS) is 17.0. The SMILES string of the molecule is CCOC(=O)c1csc(C2CCCN2c2ccc([N+](=O)[O-])cn2)n1. The van der Waals surface area contributed by atoms with Gasteiger partial charge in [0.2, 0.25) is 0 Å². The summed E-state index contributed by atoms with van der Waals surface area (Å²) in [5.41, 5.74) is 0.286. The van der Waals surface area contributed by atoms with Gasteiger partial charge in [0.05, 0.1) is 17.6 Å². The third-order valence-corrected chi connectivity index (χ3v) is 4.73. The monoisotopic (exact) mass is 348 g/mol. The molecule has 24 heavy (non-hydrogen) atoms. The van der Waals surface area contributed by atoms with Crippen molar-refractivity contribution in [2.45, 2.75) is 25.8 Å². The molecule has 0 spiro atoms. The Morgan fingerprint density at radius 3 is 3.04 bits per heavy atom. The van der Waals surface area contributed by atoms with Gasteiger partial charge in [-0.25, -0.2) is 14.8 Å². The van der Waals surface area contributed by atoms with Gasteiger partial charge in [0.25, 0.3) is 5.69 Å². The topological polar surface area (TPSA) is 98.5 Å². The fraction of sp³-hybridized carbons (Fsp3) is 0.400. The highest BCUT2D eigenvalue weighted by Gasteiger charge is 2.30. The lowest BCUT2D eigenvalue weighted by Gasteiger charge is -2.23. The zero-order valence-corrected chi connectivity index (χ0v) is 13.9. The second kappa shape index (κ2) is 6.91. The fourth-order valence-electron chi connectivity index (χ4n) is 2.69. The summed E-state index contributed by atoms with van der Waals surface area (Å²) in [6.45, 7) is 2.86. The molecule has 1 aliphatic rings. The van der Waals surface area contributed by atoms with Gasteiger partial charge < -0.3 is 9.64 Å². The molecule has 2 aromatic rings. The summed E-state index contributed by atoms with van der Waals surface area (Å²) in [6, 6.07) is 3.12. The van der Waals surface area contributed by atoms with Gasteiger partial charge >= 0.3 is 5.97 Å². The summed E-state index contributed by atoms with van der Waals surface area (Å²) >= 11 is 1.42. The standard InChI is InChI=1S/C15H16N4O4S/c1-2-23-15(20)11-9-24-14(17-11)12-4-3-7-18(12)13-6-5-10(8-16-13)19(21)22/h5-6,8-9,12H,2-4,7H2,1H3. The van der Waals surface area contributed by atoms with Crippen molar-refractivity contribution in [2.75, 3.05) is 18.1 Å². The molecule has 126 valence electrons. The predicted molar refractivity (Wildman–Crippen MR) is 88.3 cm³/mol. The van der Waals surface area contributed by atoms with Crippen molar-refractivity contribution in [3.63, 3.8) is 0 Å². The Bertz CT molecular complexity index is 746. The maximum atomic E-state index is 11.8. The number of ether oxygens (including phenoxy) is 1. The maximum absolute atomic E-state index is 11.8. The molecule has 0 aliphatic carbocycles. The van der Waals surface area contributed by atoms with Crippen LogP contribution in [0.1, 0.15) is 41.3 Å². The molecular weight excluding hydrogens is 332 g/mol. The summed E-state index contributed by atoms with van der Waals surface area (Å²) in [4.78, 5) is 32.7. The first-order valence-electron chi connectivity index (χ1n) is 7.59. The van der Waals surface area contributed by atoms with Crippen LogP contribution in [0.15, 0.2) is 23.7 Å². The molecule has 1 fully saturated rings. The summed E-state index contributed by atoms with van der Waals surface area (Å²) < 4.78 is 4.97. The van der Waals surface area contributed by atoms with Crippen molar-refractivity contribution in [3.05, 3.63) is 44.5 Å². The molecule has 0 aromatic carbocycles. The Kier molecular flexibility index (Phi) is 4.70. The molecule has 0 N–H and O–H groups in total. The van der Waals surface area contributed by atoms with Crippen LogP contribution in [0.5, 0.6) is 0 Å². The van der Waals surface area contributed by atoms with Crippen molar-refractivity contribution >= 4 is 28.8 Å². The molecule has 8 nitrogen and oxygen atoms in total. The van der Waals surface area contributed by atoms with Crippen molar-refractivity contribution in [1.29, 1.82) is 0 Å². The van der Waals surface area contributed by atoms with Crippen molar-refractivity contribution in [2.24, 2.45) is 0 Å². The molecule has 9 heteroatoms. The van der Waals surface area contributed by atoms with Gasteiger partial charge in [-0.3, -0.25) is 10.1 Å². The van der Waals surface area contributed by atoms with E-state index in [2.05, 4.69) is 14.9 Å². The smallest absolute Gasteiger partial charge is 0.357 e. The molecule has 0 amide bonds. The Morgan fingerprint density at radius 2 is 2.38 bits per heavy atom. The summed E-state index contributed by atoms with van der Waals surface area (Å²) in [5, 5.41) is 13.3. The molecule has 1 aliphatic heterocycles. The first-order valence-corrected chi connectivity index (χ1v) is 8.47. The number of esters is 1. The van der Waals surface area contributed by atoms with Crippen LogP contribution in [0.3, 0.4) is 0 Å². The van der Waals surface area contributed by atoms with Crippen LogP contribution in [0.4, 0.5) is 11.5 Å². The third kappa shape index (κ3) is 3.21.